The van der Waals surface area contributed by atoms with Crippen molar-refractivity contribution in [2.24, 2.45) is 0 Å². The second-order valence-corrected chi connectivity index (χ2v) is 3.16. The Morgan fingerprint density at radius 2 is 2.00 bits per heavy atom. The van der Waals surface area contributed by atoms with Gasteiger partial charge in [-0.1, -0.05) is 30.3 Å². The van der Waals surface area contributed by atoms with Crippen molar-refractivity contribution in [3.63, 3.8) is 0 Å². The molecule has 0 aliphatic carbocycles. The van der Waals surface area contributed by atoms with E-state index in [0.29, 0.717) is 13.0 Å². The molecule has 0 amide bonds. The topological polar surface area (TPSA) is 43.4 Å². The number of aldehydes is 1. The number of carbonyl (C=O) groups excluding carboxylic acids is 2. The fourth-order valence-corrected chi connectivity index (χ4v) is 1.18. The summed E-state index contributed by atoms with van der Waals surface area (Å²) in [5.41, 5.74) is 1.14. The molecule has 0 radical (unpaired) electrons. The van der Waals surface area contributed by atoms with Crippen LogP contribution in [-0.4, -0.2) is 18.9 Å². The largest absolute Gasteiger partial charge is 0.465 e. The predicted molar refractivity (Wildman–Crippen MR) is 56.4 cm³/mol. The van der Waals surface area contributed by atoms with Gasteiger partial charge in [-0.2, -0.15) is 0 Å². The molecule has 1 rings (SSSR count). The molecule has 80 valence electrons. The highest BCUT2D eigenvalue weighted by Gasteiger charge is 2.01. The number of hydrogen-bond acceptors (Lipinski definition) is 3. The fourth-order valence-electron chi connectivity index (χ4n) is 1.18. The van der Waals surface area contributed by atoms with E-state index in [1.807, 2.05) is 30.3 Å². The normalized spacial score (nSPS) is 9.60. The van der Waals surface area contributed by atoms with Gasteiger partial charge in [0.25, 0.3) is 0 Å². The zero-order valence-corrected chi connectivity index (χ0v) is 8.52. The first-order valence-electron chi connectivity index (χ1n) is 4.96. The molecule has 0 N–H and O–H groups in total. The summed E-state index contributed by atoms with van der Waals surface area (Å²) in [6.45, 7) is 0.377. The van der Waals surface area contributed by atoms with Crippen LogP contribution in [0.3, 0.4) is 0 Å². The van der Waals surface area contributed by atoms with Crippen molar-refractivity contribution in [2.45, 2.75) is 19.3 Å². The Morgan fingerprint density at radius 3 is 2.67 bits per heavy atom. The van der Waals surface area contributed by atoms with Crippen LogP contribution < -0.4 is 0 Å². The van der Waals surface area contributed by atoms with Gasteiger partial charge in [-0.25, -0.2) is 0 Å². The van der Waals surface area contributed by atoms with Crippen LogP contribution in [0.25, 0.3) is 0 Å². The van der Waals surface area contributed by atoms with Gasteiger partial charge >= 0.3 is 5.97 Å². The minimum atomic E-state index is -0.307. The summed E-state index contributed by atoms with van der Waals surface area (Å²) in [6.07, 6.45) is 1.86. The number of benzene rings is 1. The lowest BCUT2D eigenvalue weighted by molar-refractivity contribution is -0.144. The highest BCUT2D eigenvalue weighted by Crippen LogP contribution is 2.00. The van der Waals surface area contributed by atoms with E-state index in [2.05, 4.69) is 0 Å². The maximum absolute atomic E-state index is 11.0. The van der Waals surface area contributed by atoms with E-state index in [0.717, 1.165) is 11.8 Å². The van der Waals surface area contributed by atoms with Gasteiger partial charge in [0.1, 0.15) is 6.29 Å². The molecule has 15 heavy (non-hydrogen) atoms. The monoisotopic (exact) mass is 206 g/mol. The van der Waals surface area contributed by atoms with Crippen molar-refractivity contribution < 1.29 is 14.3 Å². The van der Waals surface area contributed by atoms with E-state index in [-0.39, 0.29) is 18.8 Å². The third-order valence-corrected chi connectivity index (χ3v) is 1.96. The molecule has 0 unspecified atom stereocenters. The number of rotatable bonds is 6. The van der Waals surface area contributed by atoms with Crippen LogP contribution in [-0.2, 0) is 20.7 Å². The van der Waals surface area contributed by atoms with E-state index < -0.39 is 0 Å². The molecule has 0 spiro atoms. The average molecular weight is 206 g/mol. The van der Waals surface area contributed by atoms with E-state index >= 15 is 0 Å². The third kappa shape index (κ3) is 4.96. The van der Waals surface area contributed by atoms with Crippen molar-refractivity contribution in [1.29, 1.82) is 0 Å². The van der Waals surface area contributed by atoms with Gasteiger partial charge < -0.3 is 9.53 Å². The maximum atomic E-state index is 11.0. The van der Waals surface area contributed by atoms with Crippen LogP contribution in [0, 0.1) is 0 Å². The molecule has 3 nitrogen and oxygen atoms in total. The van der Waals surface area contributed by atoms with Crippen molar-refractivity contribution in [1.82, 2.24) is 0 Å². The standard InChI is InChI=1S/C12H14O3/c13-9-4-7-12(14)15-10-8-11-5-2-1-3-6-11/h1-3,5-6,9H,4,7-8,10H2. The molecule has 0 bridgehead atoms. The Kier molecular flexibility index (Phi) is 5.15. The van der Waals surface area contributed by atoms with Gasteiger partial charge in [0.15, 0.2) is 0 Å². The maximum Gasteiger partial charge on any atom is 0.306 e. The second-order valence-electron chi connectivity index (χ2n) is 3.16. The second kappa shape index (κ2) is 6.76. The van der Waals surface area contributed by atoms with E-state index in [1.165, 1.54) is 0 Å². The van der Waals surface area contributed by atoms with Crippen LogP contribution >= 0.6 is 0 Å². The van der Waals surface area contributed by atoms with Gasteiger partial charge in [-0.15, -0.1) is 0 Å². The Hall–Kier alpha value is -1.64. The highest BCUT2D eigenvalue weighted by molar-refractivity contribution is 5.72. The minimum Gasteiger partial charge on any atom is -0.465 e. The molecule has 0 heterocycles. The Bertz CT molecular complexity index is 306. The summed E-state index contributed by atoms with van der Waals surface area (Å²) in [5, 5.41) is 0. The van der Waals surface area contributed by atoms with Gasteiger partial charge in [0, 0.05) is 12.8 Å². The lowest BCUT2D eigenvalue weighted by atomic mass is 10.2. The molecule has 0 fully saturated rings. The predicted octanol–water partition coefficient (Wildman–Crippen LogP) is 1.75. The molecule has 3 heteroatoms. The Morgan fingerprint density at radius 1 is 1.27 bits per heavy atom. The summed E-state index contributed by atoms with van der Waals surface area (Å²) in [5.74, 6) is -0.307. The third-order valence-electron chi connectivity index (χ3n) is 1.96. The van der Waals surface area contributed by atoms with Gasteiger partial charge in [0.2, 0.25) is 0 Å². The first-order chi connectivity index (χ1) is 7.33. The molecular formula is C12H14O3. The van der Waals surface area contributed by atoms with Gasteiger partial charge in [-0.05, 0) is 5.56 Å². The summed E-state index contributed by atoms with van der Waals surface area (Å²) < 4.78 is 4.95. The Balaban J connectivity index is 2.16. The van der Waals surface area contributed by atoms with Crippen molar-refractivity contribution in [2.75, 3.05) is 6.61 Å². The quantitative estimate of drug-likeness (QED) is 0.526. The summed E-state index contributed by atoms with van der Waals surface area (Å²) in [7, 11) is 0. The lowest BCUT2D eigenvalue weighted by Crippen LogP contribution is -2.07. The molecule has 1 aromatic rings. The number of esters is 1. The minimum absolute atomic E-state index is 0.179. The summed E-state index contributed by atoms with van der Waals surface area (Å²) in [6, 6.07) is 9.81. The number of hydrogen-bond donors (Lipinski definition) is 0. The smallest absolute Gasteiger partial charge is 0.306 e. The molecule has 0 saturated carbocycles. The van der Waals surface area contributed by atoms with Crippen molar-refractivity contribution in [3.8, 4) is 0 Å². The van der Waals surface area contributed by atoms with Crippen LogP contribution in [0.1, 0.15) is 18.4 Å². The van der Waals surface area contributed by atoms with Crippen molar-refractivity contribution in [3.05, 3.63) is 35.9 Å². The molecule has 0 saturated heterocycles. The van der Waals surface area contributed by atoms with E-state index in [4.69, 9.17) is 4.74 Å². The fraction of sp³-hybridized carbons (Fsp3) is 0.333. The molecule has 1 aromatic carbocycles. The molecule has 0 aliphatic rings. The average Bonchev–Trinajstić information content (AvgIpc) is 2.28. The summed E-state index contributed by atoms with van der Waals surface area (Å²) >= 11 is 0. The molecular weight excluding hydrogens is 192 g/mol. The first-order valence-corrected chi connectivity index (χ1v) is 4.96. The molecule has 0 aromatic heterocycles. The van der Waals surface area contributed by atoms with Gasteiger partial charge in [-0.3, -0.25) is 4.79 Å². The van der Waals surface area contributed by atoms with Crippen molar-refractivity contribution >= 4 is 12.3 Å². The van der Waals surface area contributed by atoms with Crippen LogP contribution in [0.15, 0.2) is 30.3 Å². The zero-order valence-electron chi connectivity index (χ0n) is 8.52. The lowest BCUT2D eigenvalue weighted by Gasteiger charge is -2.03. The number of ether oxygens (including phenoxy) is 1. The highest BCUT2D eigenvalue weighted by atomic mass is 16.5. The van der Waals surface area contributed by atoms with Crippen LogP contribution in [0.2, 0.25) is 0 Å². The van der Waals surface area contributed by atoms with Crippen LogP contribution in [0.4, 0.5) is 0 Å². The van der Waals surface area contributed by atoms with Crippen LogP contribution in [0.5, 0.6) is 0 Å². The van der Waals surface area contributed by atoms with Gasteiger partial charge in [0.05, 0.1) is 13.0 Å². The van der Waals surface area contributed by atoms with E-state index in [9.17, 15) is 9.59 Å². The molecule has 0 aliphatic heterocycles. The SMILES string of the molecule is O=CCCC(=O)OCCc1ccccc1. The molecule has 0 atom stereocenters. The number of carbonyl (C=O) groups is 2. The zero-order chi connectivity index (χ0) is 10.9. The first kappa shape index (κ1) is 11.4. The Labute approximate surface area is 89.1 Å². The summed E-state index contributed by atoms with van der Waals surface area (Å²) in [4.78, 5) is 21.0. The van der Waals surface area contributed by atoms with E-state index in [1.54, 1.807) is 0 Å².